The second kappa shape index (κ2) is 11.6. The number of halogens is 1. The molecule has 0 unspecified atom stereocenters. The van der Waals surface area contributed by atoms with Gasteiger partial charge in [0.25, 0.3) is 0 Å². The fourth-order valence-corrected chi connectivity index (χ4v) is 5.35. The third-order valence-corrected chi connectivity index (χ3v) is 7.61. The van der Waals surface area contributed by atoms with Crippen LogP contribution >= 0.6 is 22.9 Å². The van der Waals surface area contributed by atoms with Crippen molar-refractivity contribution in [2.45, 2.75) is 53.2 Å². The molecular weight excluding hydrogens is 522 g/mol. The first-order valence-corrected chi connectivity index (χ1v) is 13.7. The molecule has 2 heterocycles. The highest BCUT2D eigenvalue weighted by atomic mass is 35.5. The molecule has 0 bridgehead atoms. The van der Waals surface area contributed by atoms with Crippen molar-refractivity contribution in [3.8, 4) is 5.75 Å². The average Bonchev–Trinajstić information content (AvgIpc) is 3.17. The van der Waals surface area contributed by atoms with E-state index in [0.717, 1.165) is 40.2 Å². The maximum Gasteiger partial charge on any atom is 0.351 e. The smallest absolute Gasteiger partial charge is 0.351 e. The molecule has 3 aromatic rings. The van der Waals surface area contributed by atoms with Crippen LogP contribution in [0.3, 0.4) is 0 Å². The number of carbonyl (C=O) groups excluding carboxylic acids is 2. The number of allylic oxidation sites excluding steroid dienone is 1. The Morgan fingerprint density at radius 1 is 1.13 bits per heavy atom. The van der Waals surface area contributed by atoms with Crippen LogP contribution in [0.1, 0.15) is 66.6 Å². The molecule has 1 aliphatic rings. The Balaban J connectivity index is 1.68. The van der Waals surface area contributed by atoms with Crippen LogP contribution in [0.25, 0.3) is 0 Å². The van der Waals surface area contributed by atoms with Crippen LogP contribution in [0.4, 0.5) is 10.7 Å². The molecule has 38 heavy (non-hydrogen) atoms. The predicted octanol–water partition coefficient (Wildman–Crippen LogP) is 8.02. The Morgan fingerprint density at radius 2 is 1.89 bits per heavy atom. The third-order valence-electron chi connectivity index (χ3n) is 6.17. The second-order valence-electron chi connectivity index (χ2n) is 10.1. The molecule has 0 saturated carbocycles. The molecule has 0 N–H and O–H groups in total. The number of fused-ring (bicyclic) bond motifs is 1. The lowest BCUT2D eigenvalue weighted by atomic mass is 9.97. The first-order chi connectivity index (χ1) is 18.1. The van der Waals surface area contributed by atoms with Gasteiger partial charge in [-0.15, -0.1) is 11.3 Å². The summed E-state index contributed by atoms with van der Waals surface area (Å²) in [7, 11) is 1.36. The normalized spacial score (nSPS) is 13.9. The zero-order chi connectivity index (χ0) is 27.4. The quantitative estimate of drug-likeness (QED) is 0.276. The molecular formula is C30H32ClNO5S. The molecule has 2 aromatic carbocycles. The number of hydrogen-bond donors (Lipinski definition) is 0. The predicted molar refractivity (Wildman–Crippen MR) is 151 cm³/mol. The fourth-order valence-electron chi connectivity index (χ4n) is 4.05. The summed E-state index contributed by atoms with van der Waals surface area (Å²) in [4.78, 5) is 27.4. The number of nitrogens with zero attached hydrogens (tertiary/aromatic N) is 1. The molecule has 4 rings (SSSR count). The summed E-state index contributed by atoms with van der Waals surface area (Å²) in [5.74, 6) is -0.289. The lowest BCUT2D eigenvalue weighted by Crippen LogP contribution is -2.22. The van der Waals surface area contributed by atoms with Crippen molar-refractivity contribution in [3.05, 3.63) is 87.4 Å². The summed E-state index contributed by atoms with van der Waals surface area (Å²) in [6, 6.07) is 15.4. The van der Waals surface area contributed by atoms with E-state index in [1.54, 1.807) is 0 Å². The summed E-state index contributed by atoms with van der Waals surface area (Å²) in [6.07, 6.45) is 5.47. The van der Waals surface area contributed by atoms with Gasteiger partial charge in [-0.25, -0.2) is 4.79 Å². The molecule has 0 aliphatic carbocycles. The molecule has 8 heteroatoms. The third kappa shape index (κ3) is 6.22. The highest BCUT2D eigenvalue weighted by Crippen LogP contribution is 2.43. The Kier molecular flexibility index (Phi) is 8.48. The number of anilines is 2. The van der Waals surface area contributed by atoms with E-state index < -0.39 is 11.4 Å². The molecule has 0 spiro atoms. The summed E-state index contributed by atoms with van der Waals surface area (Å²) >= 11 is 7.68. The van der Waals surface area contributed by atoms with E-state index in [0.29, 0.717) is 15.6 Å². The number of esters is 2. The molecule has 1 atom stereocenters. The Morgan fingerprint density at radius 3 is 2.61 bits per heavy atom. The van der Waals surface area contributed by atoms with E-state index >= 15 is 0 Å². The number of hydrogen-bond acceptors (Lipinski definition) is 7. The SMILES string of the molecule is COC(=O)c1sc(N2C=CCCc3ccc(COC(=O)C(C)(C)C)cc32)cc1O[C@H](C)c1ccccc1Cl. The number of methoxy groups -OCH3 is 1. The minimum absolute atomic E-state index is 0.183. The second-order valence-corrected chi connectivity index (χ2v) is 11.6. The fraction of sp³-hybridized carbons (Fsp3) is 0.333. The van der Waals surface area contributed by atoms with E-state index in [9.17, 15) is 9.59 Å². The van der Waals surface area contributed by atoms with Gasteiger partial charge >= 0.3 is 11.9 Å². The molecule has 0 fully saturated rings. The number of thiophene rings is 1. The standard InChI is InChI=1S/C30H32ClNO5S/c1-19(22-11-6-7-12-23(22)31)37-25-17-26(38-27(25)28(33)35-5)32-15-9-8-10-21-14-13-20(16-24(21)32)18-36-29(34)30(2,3)4/h6-7,9,11-17,19H,8,10,18H2,1-5H3/t19-/m1/s1. The molecule has 1 aliphatic heterocycles. The molecule has 6 nitrogen and oxygen atoms in total. The molecule has 0 radical (unpaired) electrons. The van der Waals surface area contributed by atoms with Crippen LogP contribution in [0, 0.1) is 5.41 Å². The van der Waals surface area contributed by atoms with Crippen molar-refractivity contribution < 1.29 is 23.8 Å². The summed E-state index contributed by atoms with van der Waals surface area (Å²) < 4.78 is 16.9. The lowest BCUT2D eigenvalue weighted by Gasteiger charge is -2.22. The van der Waals surface area contributed by atoms with Crippen molar-refractivity contribution in [1.29, 1.82) is 0 Å². The van der Waals surface area contributed by atoms with Gasteiger partial charge in [0.2, 0.25) is 0 Å². The van der Waals surface area contributed by atoms with Crippen molar-refractivity contribution in [2.75, 3.05) is 12.0 Å². The van der Waals surface area contributed by atoms with Crippen molar-refractivity contribution in [2.24, 2.45) is 5.41 Å². The van der Waals surface area contributed by atoms with Gasteiger partial charge in [0, 0.05) is 28.5 Å². The van der Waals surface area contributed by atoms with E-state index in [2.05, 4.69) is 12.1 Å². The minimum Gasteiger partial charge on any atom is -0.484 e. The van der Waals surface area contributed by atoms with Crippen LogP contribution in [-0.4, -0.2) is 19.0 Å². The molecule has 1 aromatic heterocycles. The maximum atomic E-state index is 12.7. The first kappa shape index (κ1) is 27.7. The molecule has 0 saturated heterocycles. The Bertz CT molecular complexity index is 1360. The van der Waals surface area contributed by atoms with Gasteiger partial charge in [0.15, 0.2) is 4.88 Å². The van der Waals surface area contributed by atoms with Crippen molar-refractivity contribution in [3.63, 3.8) is 0 Å². The van der Waals surface area contributed by atoms with Crippen LogP contribution in [-0.2, 0) is 27.3 Å². The first-order valence-electron chi connectivity index (χ1n) is 12.5. The van der Waals surface area contributed by atoms with Gasteiger partial charge in [-0.3, -0.25) is 4.79 Å². The monoisotopic (exact) mass is 553 g/mol. The number of ether oxygens (including phenoxy) is 3. The summed E-state index contributed by atoms with van der Waals surface area (Å²) in [6.45, 7) is 7.58. The topological polar surface area (TPSA) is 65.1 Å². The van der Waals surface area contributed by atoms with E-state index in [1.807, 2.05) is 81.3 Å². The van der Waals surface area contributed by atoms with Gasteiger partial charge < -0.3 is 19.1 Å². The Hall–Kier alpha value is -3.29. The molecule has 0 amide bonds. The number of rotatable bonds is 7. The van der Waals surface area contributed by atoms with Gasteiger partial charge in [-0.05, 0) is 63.8 Å². The highest BCUT2D eigenvalue weighted by Gasteiger charge is 2.26. The van der Waals surface area contributed by atoms with E-state index in [1.165, 1.54) is 18.4 Å². The minimum atomic E-state index is -0.570. The molecule has 200 valence electrons. The number of aryl methyl sites for hydroxylation is 1. The van der Waals surface area contributed by atoms with E-state index in [-0.39, 0.29) is 18.7 Å². The highest BCUT2D eigenvalue weighted by molar-refractivity contribution is 7.18. The largest absolute Gasteiger partial charge is 0.484 e. The van der Waals surface area contributed by atoms with Crippen LogP contribution in [0.15, 0.2) is 60.8 Å². The summed E-state index contributed by atoms with van der Waals surface area (Å²) in [5.41, 5.74) is 3.26. The maximum absolute atomic E-state index is 12.7. The van der Waals surface area contributed by atoms with Gasteiger partial charge in [-0.2, -0.15) is 0 Å². The number of carbonyl (C=O) groups is 2. The lowest BCUT2D eigenvalue weighted by molar-refractivity contribution is -0.154. The number of benzene rings is 2. The zero-order valence-electron chi connectivity index (χ0n) is 22.2. The van der Waals surface area contributed by atoms with Crippen LogP contribution in [0.2, 0.25) is 5.02 Å². The average molecular weight is 554 g/mol. The summed E-state index contributed by atoms with van der Waals surface area (Å²) in [5, 5.41) is 1.40. The van der Waals surface area contributed by atoms with Crippen LogP contribution < -0.4 is 9.64 Å². The van der Waals surface area contributed by atoms with Crippen molar-refractivity contribution in [1.82, 2.24) is 0 Å². The van der Waals surface area contributed by atoms with Gasteiger partial charge in [0.05, 0.1) is 12.5 Å². The van der Waals surface area contributed by atoms with Gasteiger partial charge in [0.1, 0.15) is 23.5 Å². The van der Waals surface area contributed by atoms with E-state index in [4.69, 9.17) is 25.8 Å². The van der Waals surface area contributed by atoms with Crippen LogP contribution in [0.5, 0.6) is 5.75 Å². The van der Waals surface area contributed by atoms with Crippen molar-refractivity contribution >= 4 is 45.6 Å². The zero-order valence-corrected chi connectivity index (χ0v) is 23.8. The van der Waals surface area contributed by atoms with Gasteiger partial charge in [-0.1, -0.05) is 48.0 Å². The Labute approximate surface area is 232 Å².